The number of piperidine rings is 1. The van der Waals surface area contributed by atoms with E-state index in [4.69, 9.17) is 0 Å². The molecular formula is C14H17ClN6O3. The maximum absolute atomic E-state index is 12.2. The molecule has 0 aliphatic carbocycles. The zero-order valence-electron chi connectivity index (χ0n) is 12.7. The van der Waals surface area contributed by atoms with E-state index in [1.165, 1.54) is 23.0 Å². The molecule has 0 bridgehead atoms. The topological polar surface area (TPSA) is 115 Å². The average molecular weight is 353 g/mol. The van der Waals surface area contributed by atoms with Crippen molar-refractivity contribution in [3.05, 3.63) is 46.3 Å². The highest BCUT2D eigenvalue weighted by Crippen LogP contribution is 2.16. The van der Waals surface area contributed by atoms with E-state index >= 15 is 0 Å². The fourth-order valence-electron chi connectivity index (χ4n) is 2.48. The Labute approximate surface area is 144 Å². The second kappa shape index (κ2) is 7.84. The van der Waals surface area contributed by atoms with Gasteiger partial charge in [0.1, 0.15) is 0 Å². The summed E-state index contributed by atoms with van der Waals surface area (Å²) >= 11 is 0. The number of nitrogens with one attached hydrogen (secondary N) is 2. The predicted octanol–water partition coefficient (Wildman–Crippen LogP) is 1.08. The molecule has 24 heavy (non-hydrogen) atoms. The average Bonchev–Trinajstić information content (AvgIpc) is 3.06. The van der Waals surface area contributed by atoms with Crippen molar-refractivity contribution in [3.63, 3.8) is 0 Å². The first-order chi connectivity index (χ1) is 11.1. The van der Waals surface area contributed by atoms with E-state index in [0.29, 0.717) is 5.69 Å². The SMILES string of the molecule is Cl.O=C(N[C@H]1CCCNC1)c1cn(-c2cccc([N+](=O)[O-])c2)nn1. The van der Waals surface area contributed by atoms with Gasteiger partial charge in [0.05, 0.1) is 16.8 Å². The van der Waals surface area contributed by atoms with Crippen molar-refractivity contribution in [2.75, 3.05) is 13.1 Å². The first-order valence-corrected chi connectivity index (χ1v) is 7.32. The zero-order chi connectivity index (χ0) is 16.2. The predicted molar refractivity (Wildman–Crippen MR) is 88.6 cm³/mol. The van der Waals surface area contributed by atoms with Gasteiger partial charge in [-0.1, -0.05) is 11.3 Å². The van der Waals surface area contributed by atoms with Crippen LogP contribution in [0.4, 0.5) is 5.69 Å². The Bertz CT molecular complexity index is 729. The van der Waals surface area contributed by atoms with E-state index in [1.54, 1.807) is 12.1 Å². The fourth-order valence-corrected chi connectivity index (χ4v) is 2.48. The molecular weight excluding hydrogens is 336 g/mol. The maximum Gasteiger partial charge on any atom is 0.273 e. The molecule has 1 aliphatic rings. The van der Waals surface area contributed by atoms with Gasteiger partial charge >= 0.3 is 0 Å². The third kappa shape index (κ3) is 4.06. The largest absolute Gasteiger partial charge is 0.347 e. The highest BCUT2D eigenvalue weighted by Gasteiger charge is 2.19. The van der Waals surface area contributed by atoms with Crippen LogP contribution >= 0.6 is 12.4 Å². The number of amides is 1. The molecule has 1 amide bonds. The summed E-state index contributed by atoms with van der Waals surface area (Å²) in [6.07, 6.45) is 3.41. The molecule has 0 unspecified atom stereocenters. The lowest BCUT2D eigenvalue weighted by molar-refractivity contribution is -0.384. The van der Waals surface area contributed by atoms with Gasteiger partial charge in [0, 0.05) is 24.7 Å². The molecule has 1 fully saturated rings. The third-order valence-electron chi connectivity index (χ3n) is 3.66. The molecule has 9 nitrogen and oxygen atoms in total. The smallest absolute Gasteiger partial charge is 0.273 e. The number of nitrogens with zero attached hydrogens (tertiary/aromatic N) is 4. The van der Waals surface area contributed by atoms with Crippen LogP contribution in [0.2, 0.25) is 0 Å². The van der Waals surface area contributed by atoms with Gasteiger partial charge in [0.25, 0.3) is 11.6 Å². The summed E-state index contributed by atoms with van der Waals surface area (Å²) in [6, 6.07) is 6.07. The highest BCUT2D eigenvalue weighted by molar-refractivity contribution is 5.92. The highest BCUT2D eigenvalue weighted by atomic mass is 35.5. The number of nitro groups is 1. The van der Waals surface area contributed by atoms with Crippen LogP contribution in [0.3, 0.4) is 0 Å². The number of hydrogen-bond acceptors (Lipinski definition) is 6. The number of carbonyl (C=O) groups excluding carboxylic acids is 1. The van der Waals surface area contributed by atoms with E-state index in [1.807, 2.05) is 0 Å². The molecule has 1 saturated heterocycles. The molecule has 1 aromatic carbocycles. The van der Waals surface area contributed by atoms with Gasteiger partial charge in [-0.15, -0.1) is 17.5 Å². The number of halogens is 1. The summed E-state index contributed by atoms with van der Waals surface area (Å²) in [5, 5.41) is 24.6. The van der Waals surface area contributed by atoms with Gasteiger partial charge in [-0.25, -0.2) is 4.68 Å². The lowest BCUT2D eigenvalue weighted by Crippen LogP contribution is -2.45. The molecule has 1 atom stereocenters. The number of non-ortho nitro benzene ring substituents is 1. The Kier molecular flexibility index (Phi) is 5.83. The lowest BCUT2D eigenvalue weighted by Gasteiger charge is -2.23. The van der Waals surface area contributed by atoms with Crippen LogP contribution in [-0.2, 0) is 0 Å². The summed E-state index contributed by atoms with van der Waals surface area (Å²) in [4.78, 5) is 22.5. The summed E-state index contributed by atoms with van der Waals surface area (Å²) in [5.41, 5.74) is 0.615. The minimum Gasteiger partial charge on any atom is -0.347 e. The molecule has 128 valence electrons. The first kappa shape index (κ1) is 17.8. The summed E-state index contributed by atoms with van der Waals surface area (Å²) in [6.45, 7) is 1.71. The minimum absolute atomic E-state index is 0. The fraction of sp³-hybridized carbons (Fsp3) is 0.357. The van der Waals surface area contributed by atoms with E-state index in [-0.39, 0.29) is 35.7 Å². The van der Waals surface area contributed by atoms with Crippen molar-refractivity contribution in [2.45, 2.75) is 18.9 Å². The second-order valence-electron chi connectivity index (χ2n) is 5.34. The van der Waals surface area contributed by atoms with E-state index in [9.17, 15) is 14.9 Å². The molecule has 0 spiro atoms. The van der Waals surface area contributed by atoms with Crippen molar-refractivity contribution in [2.24, 2.45) is 0 Å². The lowest BCUT2D eigenvalue weighted by atomic mass is 10.1. The third-order valence-corrected chi connectivity index (χ3v) is 3.66. The van der Waals surface area contributed by atoms with E-state index in [2.05, 4.69) is 20.9 Å². The van der Waals surface area contributed by atoms with Crippen LogP contribution in [0.25, 0.3) is 5.69 Å². The van der Waals surface area contributed by atoms with Crippen LogP contribution in [0.1, 0.15) is 23.3 Å². The van der Waals surface area contributed by atoms with Crippen LogP contribution < -0.4 is 10.6 Å². The molecule has 0 saturated carbocycles. The van der Waals surface area contributed by atoms with Gasteiger partial charge in [-0.05, 0) is 25.5 Å². The van der Waals surface area contributed by atoms with Crippen LogP contribution in [0.15, 0.2) is 30.5 Å². The molecule has 2 heterocycles. The summed E-state index contributed by atoms with van der Waals surface area (Å²) < 4.78 is 1.35. The van der Waals surface area contributed by atoms with Gasteiger partial charge in [0.15, 0.2) is 5.69 Å². The van der Waals surface area contributed by atoms with Crippen molar-refractivity contribution < 1.29 is 9.72 Å². The summed E-state index contributed by atoms with van der Waals surface area (Å²) in [7, 11) is 0. The van der Waals surface area contributed by atoms with Crippen molar-refractivity contribution in [1.29, 1.82) is 0 Å². The Balaban J connectivity index is 0.00000208. The van der Waals surface area contributed by atoms with Gasteiger partial charge in [-0.2, -0.15) is 0 Å². The number of benzene rings is 1. The Morgan fingerprint density at radius 2 is 2.29 bits per heavy atom. The normalized spacial score (nSPS) is 16.9. The molecule has 2 N–H and O–H groups in total. The Hall–Kier alpha value is -2.52. The van der Waals surface area contributed by atoms with Crippen molar-refractivity contribution in [1.82, 2.24) is 25.6 Å². The molecule has 3 rings (SSSR count). The van der Waals surface area contributed by atoms with Crippen molar-refractivity contribution >= 4 is 24.0 Å². The zero-order valence-corrected chi connectivity index (χ0v) is 13.5. The monoisotopic (exact) mass is 352 g/mol. The minimum atomic E-state index is -0.482. The second-order valence-corrected chi connectivity index (χ2v) is 5.34. The van der Waals surface area contributed by atoms with Gasteiger partial charge in [-0.3, -0.25) is 14.9 Å². The molecule has 1 aromatic heterocycles. The van der Waals surface area contributed by atoms with Gasteiger partial charge in [0.2, 0.25) is 0 Å². The van der Waals surface area contributed by atoms with E-state index < -0.39 is 4.92 Å². The maximum atomic E-state index is 12.2. The molecule has 1 aliphatic heterocycles. The number of nitro benzene ring substituents is 1. The van der Waals surface area contributed by atoms with E-state index in [0.717, 1.165) is 25.9 Å². The number of hydrogen-bond donors (Lipinski definition) is 2. The summed E-state index contributed by atoms with van der Waals surface area (Å²) in [5.74, 6) is -0.296. The van der Waals surface area contributed by atoms with Crippen LogP contribution in [0, 0.1) is 10.1 Å². The van der Waals surface area contributed by atoms with Crippen molar-refractivity contribution in [3.8, 4) is 5.69 Å². The number of aromatic nitrogens is 3. The molecule has 10 heteroatoms. The molecule has 2 aromatic rings. The van der Waals surface area contributed by atoms with Crippen LogP contribution in [0.5, 0.6) is 0 Å². The quantitative estimate of drug-likeness (QED) is 0.628. The Morgan fingerprint density at radius 1 is 1.46 bits per heavy atom. The van der Waals surface area contributed by atoms with Crippen LogP contribution in [-0.4, -0.2) is 45.0 Å². The Morgan fingerprint density at radius 3 is 3.00 bits per heavy atom. The van der Waals surface area contributed by atoms with Gasteiger partial charge < -0.3 is 10.6 Å². The number of carbonyl (C=O) groups is 1. The standard InChI is InChI=1S/C14H16N6O3.ClH/c21-14(16-10-3-2-6-15-8-10)13-9-19(18-17-13)11-4-1-5-12(7-11)20(22)23;/h1,4-5,7,9-10,15H,2-3,6,8H2,(H,16,21);1H/t10-;/m0./s1. The number of rotatable bonds is 4. The molecule has 0 radical (unpaired) electrons. The first-order valence-electron chi connectivity index (χ1n) is 7.32.